The maximum atomic E-state index is 12.1. The second-order valence-corrected chi connectivity index (χ2v) is 8.04. The van der Waals surface area contributed by atoms with Gasteiger partial charge in [0.2, 0.25) is 0 Å². The topological polar surface area (TPSA) is 93.2 Å². The van der Waals surface area contributed by atoms with Crippen molar-refractivity contribution in [2.45, 2.75) is 36.3 Å². The summed E-state index contributed by atoms with van der Waals surface area (Å²) in [5.41, 5.74) is 3.52. The maximum absolute atomic E-state index is 12.1. The van der Waals surface area contributed by atoms with Crippen LogP contribution in [-0.4, -0.2) is 21.9 Å². The van der Waals surface area contributed by atoms with Gasteiger partial charge in [0.1, 0.15) is 18.4 Å². The lowest BCUT2D eigenvalue weighted by molar-refractivity contribution is -0.120. The molecule has 2 N–H and O–H groups in total. The fourth-order valence-corrected chi connectivity index (χ4v) is 4.12. The molecule has 0 aliphatic carbocycles. The predicted molar refractivity (Wildman–Crippen MR) is 112 cm³/mol. The standard InChI is InChI=1S/C22H20N4O3S/c1-13-9-15(7-8-23-13)12-29-16-3-5-17(6-4-16)30-19-10-14(2)24-11-18(19)20-21(27)26-22(28)25-20/h3-11,20H,12H2,1-2H3,(H2,25,26,27,28). The molecule has 1 unspecified atom stereocenters. The van der Waals surface area contributed by atoms with Gasteiger partial charge >= 0.3 is 6.03 Å². The van der Waals surface area contributed by atoms with Crippen LogP contribution in [-0.2, 0) is 11.4 Å². The monoisotopic (exact) mass is 420 g/mol. The number of imide groups is 1. The molecule has 3 amide bonds. The van der Waals surface area contributed by atoms with Crippen LogP contribution in [0.4, 0.5) is 4.79 Å². The third-order valence-electron chi connectivity index (χ3n) is 4.54. The van der Waals surface area contributed by atoms with E-state index < -0.39 is 12.1 Å². The zero-order valence-electron chi connectivity index (χ0n) is 16.5. The summed E-state index contributed by atoms with van der Waals surface area (Å²) >= 11 is 1.51. The molecule has 1 atom stereocenters. The minimum Gasteiger partial charge on any atom is -0.489 e. The molecule has 1 saturated heterocycles. The van der Waals surface area contributed by atoms with E-state index in [1.807, 2.05) is 56.3 Å². The fourth-order valence-electron chi connectivity index (χ4n) is 3.08. The number of hydrogen-bond donors (Lipinski definition) is 2. The Morgan fingerprint density at radius 2 is 1.80 bits per heavy atom. The van der Waals surface area contributed by atoms with Gasteiger partial charge in [0, 0.05) is 39.1 Å². The average Bonchev–Trinajstić information content (AvgIpc) is 3.05. The molecule has 2 aromatic heterocycles. The van der Waals surface area contributed by atoms with Crippen LogP contribution in [0.25, 0.3) is 0 Å². The van der Waals surface area contributed by atoms with E-state index in [4.69, 9.17) is 4.74 Å². The molecule has 7 nitrogen and oxygen atoms in total. The van der Waals surface area contributed by atoms with Gasteiger partial charge in [-0.05, 0) is 61.9 Å². The lowest BCUT2D eigenvalue weighted by Gasteiger charge is -2.14. The van der Waals surface area contributed by atoms with E-state index >= 15 is 0 Å². The Hall–Kier alpha value is -3.39. The van der Waals surface area contributed by atoms with Crippen LogP contribution in [0.2, 0.25) is 0 Å². The number of pyridine rings is 2. The molecule has 4 rings (SSSR count). The highest BCUT2D eigenvalue weighted by molar-refractivity contribution is 7.99. The van der Waals surface area contributed by atoms with Crippen molar-refractivity contribution in [3.8, 4) is 5.75 Å². The second kappa shape index (κ2) is 8.54. The molecule has 0 radical (unpaired) electrons. The van der Waals surface area contributed by atoms with Crippen molar-refractivity contribution in [3.05, 3.63) is 77.4 Å². The van der Waals surface area contributed by atoms with E-state index in [2.05, 4.69) is 20.6 Å². The van der Waals surface area contributed by atoms with Crippen LogP contribution in [0.1, 0.15) is 28.6 Å². The lowest BCUT2D eigenvalue weighted by Crippen LogP contribution is -2.22. The summed E-state index contributed by atoms with van der Waals surface area (Å²) in [6.07, 6.45) is 3.41. The van der Waals surface area contributed by atoms with Gasteiger partial charge in [-0.25, -0.2) is 4.79 Å². The first-order valence-corrected chi connectivity index (χ1v) is 10.2. The van der Waals surface area contributed by atoms with E-state index in [0.717, 1.165) is 32.5 Å². The van der Waals surface area contributed by atoms with Crippen molar-refractivity contribution in [3.63, 3.8) is 0 Å². The van der Waals surface area contributed by atoms with Gasteiger partial charge in [-0.3, -0.25) is 20.1 Å². The first-order valence-electron chi connectivity index (χ1n) is 9.38. The smallest absolute Gasteiger partial charge is 0.322 e. The van der Waals surface area contributed by atoms with Crippen molar-refractivity contribution in [2.24, 2.45) is 0 Å². The van der Waals surface area contributed by atoms with Crippen LogP contribution in [0.3, 0.4) is 0 Å². The molecule has 0 bridgehead atoms. The molecule has 152 valence electrons. The molecular formula is C22H20N4O3S. The van der Waals surface area contributed by atoms with Crippen LogP contribution in [0.5, 0.6) is 5.75 Å². The number of carbonyl (C=O) groups is 2. The Kier molecular flexibility index (Phi) is 5.67. The number of urea groups is 1. The number of carbonyl (C=O) groups excluding carboxylic acids is 2. The zero-order valence-corrected chi connectivity index (χ0v) is 17.3. The molecule has 3 heterocycles. The highest BCUT2D eigenvalue weighted by atomic mass is 32.2. The minimum atomic E-state index is -0.737. The molecule has 1 aliphatic rings. The number of benzene rings is 1. The first kappa shape index (κ1) is 19.9. The number of aromatic nitrogens is 2. The highest BCUT2D eigenvalue weighted by Gasteiger charge is 2.33. The van der Waals surface area contributed by atoms with Crippen molar-refractivity contribution < 1.29 is 14.3 Å². The van der Waals surface area contributed by atoms with Gasteiger partial charge in [-0.15, -0.1) is 0 Å². The SMILES string of the molecule is Cc1cc(COc2ccc(Sc3cc(C)ncc3C3NC(=O)NC3=O)cc2)ccn1. The summed E-state index contributed by atoms with van der Waals surface area (Å²) in [5, 5.41) is 4.90. The summed E-state index contributed by atoms with van der Waals surface area (Å²) < 4.78 is 5.85. The number of amides is 3. The Balaban J connectivity index is 1.47. The van der Waals surface area contributed by atoms with E-state index in [1.165, 1.54) is 11.8 Å². The van der Waals surface area contributed by atoms with Gasteiger partial charge in [-0.1, -0.05) is 11.8 Å². The summed E-state index contributed by atoms with van der Waals surface area (Å²) in [7, 11) is 0. The van der Waals surface area contributed by atoms with Gasteiger partial charge in [0.15, 0.2) is 0 Å². The normalized spacial score (nSPS) is 15.6. The summed E-state index contributed by atoms with van der Waals surface area (Å²) in [6, 6.07) is 12.4. The lowest BCUT2D eigenvalue weighted by atomic mass is 10.1. The summed E-state index contributed by atoms with van der Waals surface area (Å²) in [5.74, 6) is 0.394. The molecular weight excluding hydrogens is 400 g/mol. The fraction of sp³-hybridized carbons (Fsp3) is 0.182. The molecule has 1 aromatic carbocycles. The van der Waals surface area contributed by atoms with Gasteiger partial charge in [-0.2, -0.15) is 0 Å². The minimum absolute atomic E-state index is 0.373. The maximum Gasteiger partial charge on any atom is 0.322 e. The third kappa shape index (κ3) is 4.60. The molecule has 3 aromatic rings. The Bertz CT molecular complexity index is 1100. The van der Waals surface area contributed by atoms with Crippen molar-refractivity contribution in [1.82, 2.24) is 20.6 Å². The molecule has 1 aliphatic heterocycles. The van der Waals surface area contributed by atoms with Crippen LogP contribution in [0.15, 0.2) is 64.6 Å². The Morgan fingerprint density at radius 3 is 2.50 bits per heavy atom. The molecule has 8 heteroatoms. The Morgan fingerprint density at radius 1 is 1.03 bits per heavy atom. The summed E-state index contributed by atoms with van der Waals surface area (Å²) in [4.78, 5) is 33.9. The van der Waals surface area contributed by atoms with Crippen LogP contribution >= 0.6 is 11.8 Å². The predicted octanol–water partition coefficient (Wildman–Crippen LogP) is 3.70. The Labute approximate surface area is 178 Å². The molecule has 0 spiro atoms. The van der Waals surface area contributed by atoms with Gasteiger partial charge in [0.05, 0.1) is 0 Å². The largest absolute Gasteiger partial charge is 0.489 e. The van der Waals surface area contributed by atoms with Crippen LogP contribution < -0.4 is 15.4 Å². The second-order valence-electron chi connectivity index (χ2n) is 6.93. The number of ether oxygens (including phenoxy) is 1. The molecule has 0 saturated carbocycles. The number of nitrogens with one attached hydrogen (secondary N) is 2. The summed E-state index contributed by atoms with van der Waals surface area (Å²) in [6.45, 7) is 4.31. The van der Waals surface area contributed by atoms with E-state index in [0.29, 0.717) is 12.2 Å². The number of rotatable bonds is 6. The highest BCUT2D eigenvalue weighted by Crippen LogP contribution is 2.35. The molecule has 30 heavy (non-hydrogen) atoms. The first-order chi connectivity index (χ1) is 14.5. The van der Waals surface area contributed by atoms with Gasteiger partial charge < -0.3 is 10.1 Å². The van der Waals surface area contributed by atoms with Crippen molar-refractivity contribution in [2.75, 3.05) is 0 Å². The van der Waals surface area contributed by atoms with Crippen molar-refractivity contribution >= 4 is 23.7 Å². The number of hydrogen-bond acceptors (Lipinski definition) is 6. The third-order valence-corrected chi connectivity index (χ3v) is 5.62. The average molecular weight is 420 g/mol. The number of aryl methyl sites for hydroxylation is 2. The quantitative estimate of drug-likeness (QED) is 0.591. The van der Waals surface area contributed by atoms with Crippen LogP contribution in [0, 0.1) is 13.8 Å². The van der Waals surface area contributed by atoms with E-state index in [9.17, 15) is 9.59 Å². The van der Waals surface area contributed by atoms with Gasteiger partial charge in [0.25, 0.3) is 5.91 Å². The van der Waals surface area contributed by atoms with E-state index in [-0.39, 0.29) is 5.91 Å². The van der Waals surface area contributed by atoms with Crippen molar-refractivity contribution in [1.29, 1.82) is 0 Å². The van der Waals surface area contributed by atoms with E-state index in [1.54, 1.807) is 12.4 Å². The number of nitrogens with zero attached hydrogens (tertiary/aromatic N) is 2. The zero-order chi connectivity index (χ0) is 21.1. The molecule has 1 fully saturated rings.